The average Bonchev–Trinajstić information content (AvgIpc) is 3.04. The molecule has 0 atom stereocenters. The number of nitrogens with two attached hydrogens (primary N) is 1. The predicted molar refractivity (Wildman–Crippen MR) is 114 cm³/mol. The molecular formula is C19H23IN4O. The highest BCUT2D eigenvalue weighted by atomic mass is 127. The fourth-order valence-corrected chi connectivity index (χ4v) is 2.89. The van der Waals surface area contributed by atoms with Gasteiger partial charge in [-0.2, -0.15) is 0 Å². The molecule has 1 aliphatic rings. The van der Waals surface area contributed by atoms with E-state index >= 15 is 0 Å². The minimum absolute atomic E-state index is 0. The summed E-state index contributed by atoms with van der Waals surface area (Å²) in [6.07, 6.45) is 1.85. The lowest BCUT2D eigenvalue weighted by molar-refractivity contribution is -0.117. The fourth-order valence-electron chi connectivity index (χ4n) is 2.89. The lowest BCUT2D eigenvalue weighted by atomic mass is 10.1. The first-order valence-electron chi connectivity index (χ1n) is 8.21. The first kappa shape index (κ1) is 19.2. The summed E-state index contributed by atoms with van der Waals surface area (Å²) in [5.41, 5.74) is 10.2. The molecule has 0 aromatic heterocycles. The summed E-state index contributed by atoms with van der Waals surface area (Å²) in [5, 5.41) is 3.04. The van der Waals surface area contributed by atoms with Gasteiger partial charge in [-0.3, -0.25) is 4.79 Å². The van der Waals surface area contributed by atoms with Crippen LogP contribution in [-0.4, -0.2) is 25.0 Å². The second-order valence-electron chi connectivity index (χ2n) is 5.80. The monoisotopic (exact) mass is 450 g/mol. The molecule has 3 N–H and O–H groups in total. The predicted octanol–water partition coefficient (Wildman–Crippen LogP) is 3.18. The maximum absolute atomic E-state index is 12.4. The van der Waals surface area contributed by atoms with Gasteiger partial charge in [-0.1, -0.05) is 37.3 Å². The number of amides is 1. The molecule has 1 heterocycles. The van der Waals surface area contributed by atoms with Crippen molar-refractivity contribution in [3.8, 4) is 0 Å². The quantitative estimate of drug-likeness (QED) is 0.427. The molecule has 2 aromatic carbocycles. The topological polar surface area (TPSA) is 70.7 Å². The summed E-state index contributed by atoms with van der Waals surface area (Å²) < 4.78 is 0. The van der Waals surface area contributed by atoms with Crippen LogP contribution in [0, 0.1) is 0 Å². The second kappa shape index (κ2) is 8.84. The summed E-state index contributed by atoms with van der Waals surface area (Å²) in [5.74, 6) is 0.219. The van der Waals surface area contributed by atoms with E-state index in [1.807, 2.05) is 36.4 Å². The van der Waals surface area contributed by atoms with Crippen LogP contribution in [0.3, 0.4) is 0 Å². The molecule has 3 rings (SSSR count). The smallest absolute Gasteiger partial charge is 0.248 e. The van der Waals surface area contributed by atoms with Gasteiger partial charge in [0.15, 0.2) is 5.96 Å². The van der Waals surface area contributed by atoms with E-state index in [0.29, 0.717) is 6.54 Å². The number of aliphatic imine (C=N–C) groups is 1. The molecule has 0 fully saturated rings. The number of guanidine groups is 1. The van der Waals surface area contributed by atoms with Crippen LogP contribution in [0.4, 0.5) is 11.4 Å². The van der Waals surface area contributed by atoms with Crippen molar-refractivity contribution in [3.63, 3.8) is 0 Å². The summed E-state index contributed by atoms with van der Waals surface area (Å²) in [6, 6.07) is 16.0. The van der Waals surface area contributed by atoms with Crippen molar-refractivity contribution in [2.75, 3.05) is 23.3 Å². The number of fused-ring (bicyclic) bond motifs is 1. The van der Waals surface area contributed by atoms with Crippen LogP contribution < -0.4 is 16.0 Å². The molecule has 2 aromatic rings. The zero-order valence-corrected chi connectivity index (χ0v) is 16.6. The largest absolute Gasteiger partial charge is 0.370 e. The highest BCUT2D eigenvalue weighted by Gasteiger charge is 2.23. The van der Waals surface area contributed by atoms with Gasteiger partial charge < -0.3 is 16.0 Å². The average molecular weight is 450 g/mol. The Morgan fingerprint density at radius 2 is 2.04 bits per heavy atom. The van der Waals surface area contributed by atoms with Crippen LogP contribution in [0.5, 0.6) is 0 Å². The molecule has 0 saturated carbocycles. The number of rotatable bonds is 4. The molecule has 0 spiro atoms. The van der Waals surface area contributed by atoms with E-state index in [0.717, 1.165) is 24.2 Å². The molecule has 0 aliphatic carbocycles. The van der Waals surface area contributed by atoms with Crippen LogP contribution >= 0.6 is 24.0 Å². The number of anilines is 2. The number of carbonyl (C=O) groups is 1. The molecule has 0 unspecified atom stereocenters. The lowest BCUT2D eigenvalue weighted by Gasteiger charge is -2.16. The van der Waals surface area contributed by atoms with E-state index in [1.165, 1.54) is 11.1 Å². The summed E-state index contributed by atoms with van der Waals surface area (Å²) in [4.78, 5) is 18.4. The van der Waals surface area contributed by atoms with Crippen LogP contribution in [0.15, 0.2) is 53.5 Å². The number of nitrogens with one attached hydrogen (secondary N) is 1. The van der Waals surface area contributed by atoms with Crippen molar-refractivity contribution < 1.29 is 4.79 Å². The fraction of sp³-hybridized carbons (Fsp3) is 0.263. The summed E-state index contributed by atoms with van der Waals surface area (Å²) in [6.45, 7) is 2.85. The lowest BCUT2D eigenvalue weighted by Crippen LogP contribution is -2.32. The SMILES string of the molecule is CCc1cccc(NC(N)=NCC(=O)N2CCc3ccccc32)c1.I. The Labute approximate surface area is 165 Å². The van der Waals surface area contributed by atoms with E-state index in [4.69, 9.17) is 5.73 Å². The normalized spacial score (nSPS) is 13.2. The van der Waals surface area contributed by atoms with Gasteiger partial charge >= 0.3 is 0 Å². The maximum atomic E-state index is 12.4. The second-order valence-corrected chi connectivity index (χ2v) is 5.80. The molecule has 25 heavy (non-hydrogen) atoms. The number of aryl methyl sites for hydroxylation is 1. The number of halogens is 1. The van der Waals surface area contributed by atoms with E-state index in [9.17, 15) is 4.79 Å². The third-order valence-electron chi connectivity index (χ3n) is 4.18. The Morgan fingerprint density at radius 3 is 2.84 bits per heavy atom. The highest BCUT2D eigenvalue weighted by molar-refractivity contribution is 14.0. The standard InChI is InChI=1S/C19H22N4O.HI/c1-2-14-6-5-8-16(12-14)22-19(20)21-13-18(24)23-11-10-15-7-3-4-9-17(15)23;/h3-9,12H,2,10-11,13H2,1H3,(H3,20,21,22);1H. The minimum atomic E-state index is -0.0352. The van der Waals surface area contributed by atoms with Gasteiger partial charge in [0.25, 0.3) is 0 Å². The van der Waals surface area contributed by atoms with Crippen LogP contribution in [0.1, 0.15) is 18.1 Å². The molecule has 0 radical (unpaired) electrons. The molecule has 0 bridgehead atoms. The van der Waals surface area contributed by atoms with Gasteiger partial charge in [-0.15, -0.1) is 24.0 Å². The van der Waals surface area contributed by atoms with E-state index in [2.05, 4.69) is 29.4 Å². The Hall–Kier alpha value is -2.09. The highest BCUT2D eigenvalue weighted by Crippen LogP contribution is 2.27. The van der Waals surface area contributed by atoms with Gasteiger partial charge in [0.2, 0.25) is 5.91 Å². The van der Waals surface area contributed by atoms with Crippen molar-refractivity contribution in [2.24, 2.45) is 10.7 Å². The third kappa shape index (κ3) is 4.72. The first-order valence-corrected chi connectivity index (χ1v) is 8.21. The van der Waals surface area contributed by atoms with Crippen molar-refractivity contribution in [1.29, 1.82) is 0 Å². The molecule has 1 aliphatic heterocycles. The number of hydrogen-bond acceptors (Lipinski definition) is 2. The van der Waals surface area contributed by atoms with Gasteiger partial charge in [0.1, 0.15) is 6.54 Å². The Morgan fingerprint density at radius 1 is 1.24 bits per heavy atom. The van der Waals surface area contributed by atoms with Gasteiger partial charge in [-0.05, 0) is 42.2 Å². The number of hydrogen-bond donors (Lipinski definition) is 2. The summed E-state index contributed by atoms with van der Waals surface area (Å²) >= 11 is 0. The van der Waals surface area contributed by atoms with Gasteiger partial charge in [0.05, 0.1) is 0 Å². The van der Waals surface area contributed by atoms with Gasteiger partial charge in [-0.25, -0.2) is 4.99 Å². The van der Waals surface area contributed by atoms with Crippen molar-refractivity contribution in [2.45, 2.75) is 19.8 Å². The molecule has 5 nitrogen and oxygen atoms in total. The third-order valence-corrected chi connectivity index (χ3v) is 4.18. The minimum Gasteiger partial charge on any atom is -0.370 e. The van der Waals surface area contributed by atoms with E-state index in [1.54, 1.807) is 4.90 Å². The van der Waals surface area contributed by atoms with Crippen LogP contribution in [0.2, 0.25) is 0 Å². The summed E-state index contributed by atoms with van der Waals surface area (Å²) in [7, 11) is 0. The van der Waals surface area contributed by atoms with E-state index < -0.39 is 0 Å². The Kier molecular flexibility index (Phi) is 6.81. The van der Waals surface area contributed by atoms with Crippen LogP contribution in [-0.2, 0) is 17.6 Å². The Balaban J connectivity index is 0.00000225. The molecular weight excluding hydrogens is 427 g/mol. The van der Waals surface area contributed by atoms with Crippen molar-refractivity contribution in [3.05, 3.63) is 59.7 Å². The van der Waals surface area contributed by atoms with Gasteiger partial charge in [0, 0.05) is 17.9 Å². The number of benzene rings is 2. The zero-order chi connectivity index (χ0) is 16.9. The van der Waals surface area contributed by atoms with Crippen molar-refractivity contribution >= 4 is 47.2 Å². The maximum Gasteiger partial charge on any atom is 0.248 e. The van der Waals surface area contributed by atoms with Crippen molar-refractivity contribution in [1.82, 2.24) is 0 Å². The number of nitrogens with zero attached hydrogens (tertiary/aromatic N) is 2. The Bertz CT molecular complexity index is 776. The first-order chi connectivity index (χ1) is 11.7. The molecule has 0 saturated heterocycles. The number of para-hydroxylation sites is 1. The zero-order valence-electron chi connectivity index (χ0n) is 14.2. The molecule has 6 heteroatoms. The molecule has 1 amide bonds. The van der Waals surface area contributed by atoms with Crippen LogP contribution in [0.25, 0.3) is 0 Å². The molecule has 132 valence electrons. The van der Waals surface area contributed by atoms with E-state index in [-0.39, 0.29) is 42.4 Å². The number of carbonyl (C=O) groups excluding carboxylic acids is 1.